The van der Waals surface area contributed by atoms with Gasteiger partial charge in [-0.15, -0.1) is 24.0 Å². The maximum absolute atomic E-state index is 12.6. The van der Waals surface area contributed by atoms with Gasteiger partial charge in [0.2, 0.25) is 0 Å². The number of nitrogens with zero attached hydrogens (tertiary/aromatic N) is 3. The molecule has 1 aromatic rings. The number of guanidine groups is 1. The Labute approximate surface area is 198 Å². The van der Waals surface area contributed by atoms with Crippen LogP contribution in [0.2, 0.25) is 0 Å². The van der Waals surface area contributed by atoms with Crippen LogP contribution in [0.3, 0.4) is 0 Å². The van der Waals surface area contributed by atoms with Crippen molar-refractivity contribution < 1.29 is 23.0 Å². The van der Waals surface area contributed by atoms with Crippen LogP contribution in [0.25, 0.3) is 0 Å². The second-order valence-electron chi connectivity index (χ2n) is 7.81. The molecule has 0 aromatic heterocycles. The van der Waals surface area contributed by atoms with Crippen LogP contribution in [0.1, 0.15) is 31.7 Å². The highest BCUT2D eigenvalue weighted by molar-refractivity contribution is 14.0. The Hall–Kier alpha value is -1.27. The average Bonchev–Trinajstić information content (AvgIpc) is 3.41. The van der Waals surface area contributed by atoms with E-state index >= 15 is 0 Å². The summed E-state index contributed by atoms with van der Waals surface area (Å²) in [6, 6.07) is 5.00. The van der Waals surface area contributed by atoms with Gasteiger partial charge in [-0.25, -0.2) is 0 Å². The molecule has 176 valence electrons. The number of hydrogen-bond acceptors (Lipinski definition) is 4. The molecule has 1 aromatic carbocycles. The number of benzene rings is 1. The first-order valence-corrected chi connectivity index (χ1v) is 10.6. The summed E-state index contributed by atoms with van der Waals surface area (Å²) in [7, 11) is 0. The normalized spacial score (nSPS) is 21.1. The predicted octanol–water partition coefficient (Wildman–Crippen LogP) is 3.20. The zero-order valence-corrected chi connectivity index (χ0v) is 20.1. The van der Waals surface area contributed by atoms with Gasteiger partial charge < -0.3 is 20.1 Å². The van der Waals surface area contributed by atoms with Gasteiger partial charge in [0, 0.05) is 25.7 Å². The highest BCUT2D eigenvalue weighted by atomic mass is 127. The second kappa shape index (κ2) is 12.1. The van der Waals surface area contributed by atoms with Crippen LogP contribution in [0.15, 0.2) is 29.3 Å². The van der Waals surface area contributed by atoms with Gasteiger partial charge in [-0.05, 0) is 63.5 Å². The molecular formula is C21H32F3IN4O2. The fourth-order valence-electron chi connectivity index (χ4n) is 3.94. The molecule has 2 heterocycles. The molecule has 2 unspecified atom stereocenters. The molecule has 0 spiro atoms. The zero-order chi connectivity index (χ0) is 21.6. The van der Waals surface area contributed by atoms with Crippen LogP contribution in [-0.4, -0.2) is 78.9 Å². The number of halogens is 4. The zero-order valence-electron chi connectivity index (χ0n) is 17.8. The fourth-order valence-corrected chi connectivity index (χ4v) is 3.94. The number of aliphatic hydroxyl groups excluding tert-OH is 1. The third-order valence-corrected chi connectivity index (χ3v) is 5.53. The summed E-state index contributed by atoms with van der Waals surface area (Å²) in [5, 5.41) is 13.5. The molecule has 2 aliphatic rings. The van der Waals surface area contributed by atoms with Crippen LogP contribution in [0.5, 0.6) is 5.75 Å². The van der Waals surface area contributed by atoms with Gasteiger partial charge in [-0.1, -0.05) is 0 Å². The first kappa shape index (κ1) is 26.0. The summed E-state index contributed by atoms with van der Waals surface area (Å²) in [5.74, 6) is 1.07. The number of rotatable bonds is 7. The van der Waals surface area contributed by atoms with E-state index in [1.165, 1.54) is 38.1 Å². The predicted molar refractivity (Wildman–Crippen MR) is 125 cm³/mol. The lowest BCUT2D eigenvalue weighted by atomic mass is 10.2. The molecule has 6 nitrogen and oxygen atoms in total. The monoisotopic (exact) mass is 556 g/mol. The van der Waals surface area contributed by atoms with Gasteiger partial charge in [0.05, 0.1) is 12.1 Å². The van der Waals surface area contributed by atoms with E-state index in [0.717, 1.165) is 44.1 Å². The van der Waals surface area contributed by atoms with Crippen LogP contribution >= 0.6 is 24.0 Å². The number of likely N-dealkylation sites (tertiary alicyclic amines) is 2. The molecule has 2 saturated heterocycles. The van der Waals surface area contributed by atoms with E-state index in [4.69, 9.17) is 4.74 Å². The van der Waals surface area contributed by atoms with Crippen molar-refractivity contribution in [1.82, 2.24) is 15.1 Å². The minimum atomic E-state index is -4.38. The lowest BCUT2D eigenvalue weighted by molar-refractivity contribution is -0.137. The van der Waals surface area contributed by atoms with E-state index in [2.05, 4.69) is 20.1 Å². The Morgan fingerprint density at radius 1 is 1.23 bits per heavy atom. The topological polar surface area (TPSA) is 60.3 Å². The number of alkyl halides is 3. The van der Waals surface area contributed by atoms with Gasteiger partial charge in [0.15, 0.2) is 5.96 Å². The molecule has 0 bridgehead atoms. The Bertz CT molecular complexity index is 697. The molecule has 3 rings (SSSR count). The summed E-state index contributed by atoms with van der Waals surface area (Å²) < 4.78 is 43.2. The van der Waals surface area contributed by atoms with Crippen molar-refractivity contribution in [2.24, 2.45) is 4.99 Å². The quantitative estimate of drug-likeness (QED) is 0.307. The van der Waals surface area contributed by atoms with E-state index in [1.807, 2.05) is 6.92 Å². The number of hydrogen-bond donors (Lipinski definition) is 2. The smallest absolute Gasteiger partial charge is 0.416 e. The van der Waals surface area contributed by atoms with Crippen LogP contribution in [0, 0.1) is 0 Å². The molecule has 10 heteroatoms. The lowest BCUT2D eigenvalue weighted by Gasteiger charge is -2.25. The Kier molecular flexibility index (Phi) is 10.1. The standard InChI is InChI=1S/C21H31F3N4O2.HI/c1-2-25-20(28-12-9-17(14-28)27-10-3-4-11-27)26-13-18(29)15-30-19-7-5-16(6-8-19)21(22,23)24;/h5-8,17-18,29H,2-4,9-15H2,1H3,(H,25,26);1H. The summed E-state index contributed by atoms with van der Waals surface area (Å²) >= 11 is 0. The van der Waals surface area contributed by atoms with Crippen molar-refractivity contribution in [2.45, 2.75) is 44.5 Å². The van der Waals surface area contributed by atoms with E-state index in [0.29, 0.717) is 6.04 Å². The minimum absolute atomic E-state index is 0. The molecule has 0 amide bonds. The van der Waals surface area contributed by atoms with E-state index in [9.17, 15) is 18.3 Å². The van der Waals surface area contributed by atoms with Gasteiger partial charge >= 0.3 is 6.18 Å². The molecule has 0 aliphatic carbocycles. The average molecular weight is 556 g/mol. The SMILES string of the molecule is CCNC(=NCC(O)COc1ccc(C(F)(F)F)cc1)N1CCC(N2CCCC2)C1.I. The molecule has 2 N–H and O–H groups in total. The van der Waals surface area contributed by atoms with Crippen molar-refractivity contribution in [3.8, 4) is 5.75 Å². The second-order valence-corrected chi connectivity index (χ2v) is 7.81. The fraction of sp³-hybridized carbons (Fsp3) is 0.667. The molecule has 2 atom stereocenters. The van der Waals surface area contributed by atoms with E-state index in [-0.39, 0.29) is 42.9 Å². The van der Waals surface area contributed by atoms with Crippen molar-refractivity contribution >= 4 is 29.9 Å². The number of nitrogens with one attached hydrogen (secondary N) is 1. The Morgan fingerprint density at radius 3 is 2.52 bits per heavy atom. The Morgan fingerprint density at radius 2 is 1.90 bits per heavy atom. The maximum atomic E-state index is 12.6. The number of aliphatic imine (C=N–C) groups is 1. The molecule has 2 fully saturated rings. The van der Waals surface area contributed by atoms with Gasteiger partial charge in [0.25, 0.3) is 0 Å². The van der Waals surface area contributed by atoms with Gasteiger partial charge in [-0.3, -0.25) is 9.89 Å². The molecule has 0 saturated carbocycles. The summed E-state index contributed by atoms with van der Waals surface area (Å²) in [4.78, 5) is 9.33. The molecular weight excluding hydrogens is 524 g/mol. The third kappa shape index (κ3) is 7.67. The first-order valence-electron chi connectivity index (χ1n) is 10.6. The van der Waals surface area contributed by atoms with Gasteiger partial charge in [0.1, 0.15) is 18.5 Å². The number of aliphatic hydroxyl groups is 1. The Balaban J connectivity index is 0.00000341. The van der Waals surface area contributed by atoms with Crippen molar-refractivity contribution in [2.75, 3.05) is 45.9 Å². The van der Waals surface area contributed by atoms with Crippen LogP contribution in [0.4, 0.5) is 13.2 Å². The largest absolute Gasteiger partial charge is 0.491 e. The van der Waals surface area contributed by atoms with Crippen molar-refractivity contribution in [1.29, 1.82) is 0 Å². The first-order chi connectivity index (χ1) is 14.4. The van der Waals surface area contributed by atoms with E-state index in [1.54, 1.807) is 0 Å². The molecule has 31 heavy (non-hydrogen) atoms. The van der Waals surface area contributed by atoms with Crippen LogP contribution in [-0.2, 0) is 6.18 Å². The number of ether oxygens (including phenoxy) is 1. The van der Waals surface area contributed by atoms with E-state index < -0.39 is 17.8 Å². The lowest BCUT2D eigenvalue weighted by Crippen LogP contribution is -2.43. The summed E-state index contributed by atoms with van der Waals surface area (Å²) in [6.07, 6.45) is -1.56. The molecule has 2 aliphatic heterocycles. The highest BCUT2D eigenvalue weighted by Gasteiger charge is 2.31. The summed E-state index contributed by atoms with van der Waals surface area (Å²) in [6.45, 7) is 7.08. The van der Waals surface area contributed by atoms with Gasteiger partial charge in [-0.2, -0.15) is 13.2 Å². The third-order valence-electron chi connectivity index (χ3n) is 5.53. The van der Waals surface area contributed by atoms with Crippen molar-refractivity contribution in [3.63, 3.8) is 0 Å². The maximum Gasteiger partial charge on any atom is 0.416 e. The molecule has 0 radical (unpaired) electrons. The summed E-state index contributed by atoms with van der Waals surface area (Å²) in [5.41, 5.74) is -0.729. The van der Waals surface area contributed by atoms with Crippen molar-refractivity contribution in [3.05, 3.63) is 29.8 Å². The van der Waals surface area contributed by atoms with Crippen LogP contribution < -0.4 is 10.1 Å². The minimum Gasteiger partial charge on any atom is -0.491 e. The highest BCUT2D eigenvalue weighted by Crippen LogP contribution is 2.30.